The summed E-state index contributed by atoms with van der Waals surface area (Å²) in [5.41, 5.74) is 7.30. The molecule has 0 aliphatic heterocycles. The van der Waals surface area contributed by atoms with E-state index in [0.717, 1.165) is 16.3 Å². The molecule has 0 bridgehead atoms. The van der Waals surface area contributed by atoms with Crippen molar-refractivity contribution in [2.24, 2.45) is 0 Å². The smallest absolute Gasteiger partial charge is 0.223 e. The maximum absolute atomic E-state index is 5.69. The Balaban J connectivity index is 2.27. The summed E-state index contributed by atoms with van der Waals surface area (Å²) in [5, 5.41) is 2.12. The van der Waals surface area contributed by atoms with Crippen LogP contribution in [0.15, 0.2) is 42.7 Å². The highest BCUT2D eigenvalue weighted by Gasteiger charge is 2.08. The third kappa shape index (κ3) is 2.06. The number of hydrogen-bond acceptors (Lipinski definition) is 5. The minimum Gasteiger partial charge on any atom is -0.481 e. The van der Waals surface area contributed by atoms with Gasteiger partial charge in [0.15, 0.2) is 0 Å². The van der Waals surface area contributed by atoms with Crippen molar-refractivity contribution < 1.29 is 4.74 Å². The highest BCUT2D eigenvalue weighted by Crippen LogP contribution is 2.28. The van der Waals surface area contributed by atoms with Crippen LogP contribution in [0.3, 0.4) is 0 Å². The van der Waals surface area contributed by atoms with E-state index in [1.54, 1.807) is 19.4 Å². The zero-order chi connectivity index (χ0) is 13.2. The van der Waals surface area contributed by atoms with Gasteiger partial charge in [0, 0.05) is 29.4 Å². The van der Waals surface area contributed by atoms with Gasteiger partial charge in [0.2, 0.25) is 11.8 Å². The zero-order valence-electron chi connectivity index (χ0n) is 10.4. The number of anilines is 1. The summed E-state index contributed by atoms with van der Waals surface area (Å²) in [6.07, 6.45) is 3.59. The van der Waals surface area contributed by atoms with Crippen LogP contribution in [0.5, 0.6) is 5.88 Å². The second-order valence-corrected chi connectivity index (χ2v) is 4.06. The van der Waals surface area contributed by atoms with E-state index in [2.05, 4.69) is 15.0 Å². The first kappa shape index (κ1) is 11.4. The van der Waals surface area contributed by atoms with Gasteiger partial charge < -0.3 is 10.5 Å². The number of nitrogen functional groups attached to an aromatic ring is 1. The van der Waals surface area contributed by atoms with E-state index in [0.29, 0.717) is 11.6 Å². The number of aromatic nitrogens is 3. The highest BCUT2D eigenvalue weighted by atomic mass is 16.5. The predicted octanol–water partition coefficient (Wildman–Crippen LogP) is 2.28. The second kappa shape index (κ2) is 4.53. The highest BCUT2D eigenvalue weighted by molar-refractivity contribution is 5.94. The molecule has 2 aromatic heterocycles. The van der Waals surface area contributed by atoms with Gasteiger partial charge in [-0.05, 0) is 5.39 Å². The molecule has 2 N–H and O–H groups in total. The molecule has 5 nitrogen and oxygen atoms in total. The third-order valence-electron chi connectivity index (χ3n) is 2.87. The lowest BCUT2D eigenvalue weighted by Crippen LogP contribution is -1.99. The fraction of sp³-hybridized carbons (Fsp3) is 0.0714. The van der Waals surface area contributed by atoms with Crippen molar-refractivity contribution in [3.05, 3.63) is 42.7 Å². The largest absolute Gasteiger partial charge is 0.481 e. The fourth-order valence-corrected chi connectivity index (χ4v) is 2.01. The minimum absolute atomic E-state index is 0.183. The molecular weight excluding hydrogens is 240 g/mol. The Morgan fingerprint density at radius 1 is 1.11 bits per heavy atom. The number of nitrogens with two attached hydrogens (primary N) is 1. The quantitative estimate of drug-likeness (QED) is 0.757. The summed E-state index contributed by atoms with van der Waals surface area (Å²) in [5.74, 6) is 0.623. The number of nitrogens with zero attached hydrogens (tertiary/aromatic N) is 3. The monoisotopic (exact) mass is 252 g/mol. The first-order valence-electron chi connectivity index (χ1n) is 5.79. The first-order chi connectivity index (χ1) is 9.28. The van der Waals surface area contributed by atoms with Crippen molar-refractivity contribution in [3.8, 4) is 17.1 Å². The average molecular weight is 252 g/mol. The zero-order valence-corrected chi connectivity index (χ0v) is 10.4. The number of methoxy groups -OCH3 is 1. The van der Waals surface area contributed by atoms with E-state index in [1.165, 1.54) is 0 Å². The molecule has 0 aliphatic carbocycles. The topological polar surface area (TPSA) is 73.9 Å². The van der Waals surface area contributed by atoms with Gasteiger partial charge in [-0.2, -0.15) is 4.98 Å². The molecule has 3 rings (SSSR count). The Morgan fingerprint density at radius 3 is 2.79 bits per heavy atom. The molecule has 0 unspecified atom stereocenters. The van der Waals surface area contributed by atoms with Gasteiger partial charge in [0.25, 0.3) is 0 Å². The first-order valence-corrected chi connectivity index (χ1v) is 5.79. The van der Waals surface area contributed by atoms with Crippen LogP contribution in [-0.4, -0.2) is 22.1 Å². The lowest BCUT2D eigenvalue weighted by atomic mass is 10.1. The Hall–Kier alpha value is -2.69. The standard InChI is InChI=1S/C14H12N4O/c1-19-13-6-12(17-14(15)18-13)11-8-16-7-9-4-2-3-5-10(9)11/h2-8H,1H3,(H2,15,17,18). The normalized spacial score (nSPS) is 10.6. The van der Waals surface area contributed by atoms with Crippen LogP contribution in [0.4, 0.5) is 5.95 Å². The molecule has 0 saturated carbocycles. The van der Waals surface area contributed by atoms with Crippen LogP contribution in [0.2, 0.25) is 0 Å². The van der Waals surface area contributed by atoms with E-state index in [4.69, 9.17) is 10.5 Å². The molecule has 0 spiro atoms. The van der Waals surface area contributed by atoms with Crippen LogP contribution in [-0.2, 0) is 0 Å². The molecule has 94 valence electrons. The van der Waals surface area contributed by atoms with Gasteiger partial charge in [-0.3, -0.25) is 4.98 Å². The van der Waals surface area contributed by atoms with E-state index >= 15 is 0 Å². The molecule has 0 atom stereocenters. The SMILES string of the molecule is COc1cc(-c2cncc3ccccc23)nc(N)n1. The van der Waals surface area contributed by atoms with Crippen molar-refractivity contribution in [2.45, 2.75) is 0 Å². The molecule has 0 amide bonds. The second-order valence-electron chi connectivity index (χ2n) is 4.06. The Bertz CT molecular complexity index is 737. The summed E-state index contributed by atoms with van der Waals surface area (Å²) in [6, 6.07) is 9.74. The van der Waals surface area contributed by atoms with Gasteiger partial charge in [-0.1, -0.05) is 24.3 Å². The lowest BCUT2D eigenvalue weighted by Gasteiger charge is -2.07. The third-order valence-corrected chi connectivity index (χ3v) is 2.87. The van der Waals surface area contributed by atoms with E-state index in [-0.39, 0.29) is 5.95 Å². The van der Waals surface area contributed by atoms with Crippen LogP contribution in [0, 0.1) is 0 Å². The van der Waals surface area contributed by atoms with Crippen molar-refractivity contribution in [1.82, 2.24) is 15.0 Å². The molecule has 3 aromatic rings. The molecule has 5 heteroatoms. The van der Waals surface area contributed by atoms with Gasteiger partial charge in [0.05, 0.1) is 12.8 Å². The van der Waals surface area contributed by atoms with Crippen LogP contribution in [0.1, 0.15) is 0 Å². The fourth-order valence-electron chi connectivity index (χ4n) is 2.01. The van der Waals surface area contributed by atoms with Gasteiger partial charge in [-0.25, -0.2) is 4.98 Å². The van der Waals surface area contributed by atoms with E-state index in [1.807, 2.05) is 30.5 Å². The van der Waals surface area contributed by atoms with Crippen molar-refractivity contribution >= 4 is 16.7 Å². The minimum atomic E-state index is 0.183. The predicted molar refractivity (Wildman–Crippen MR) is 73.7 cm³/mol. The summed E-state index contributed by atoms with van der Waals surface area (Å²) in [4.78, 5) is 12.5. The number of ether oxygens (including phenoxy) is 1. The Labute approximate surface area is 110 Å². The van der Waals surface area contributed by atoms with Crippen LogP contribution in [0.25, 0.3) is 22.0 Å². The maximum Gasteiger partial charge on any atom is 0.223 e. The van der Waals surface area contributed by atoms with Crippen molar-refractivity contribution in [3.63, 3.8) is 0 Å². The maximum atomic E-state index is 5.69. The number of hydrogen-bond donors (Lipinski definition) is 1. The lowest BCUT2D eigenvalue weighted by molar-refractivity contribution is 0.398. The summed E-state index contributed by atoms with van der Waals surface area (Å²) < 4.78 is 5.12. The van der Waals surface area contributed by atoms with Gasteiger partial charge in [-0.15, -0.1) is 0 Å². The number of pyridine rings is 1. The molecule has 0 saturated heterocycles. The molecule has 2 heterocycles. The van der Waals surface area contributed by atoms with Crippen molar-refractivity contribution in [2.75, 3.05) is 12.8 Å². The van der Waals surface area contributed by atoms with E-state index < -0.39 is 0 Å². The average Bonchev–Trinajstić information content (AvgIpc) is 2.46. The number of rotatable bonds is 2. The van der Waals surface area contributed by atoms with Crippen LogP contribution < -0.4 is 10.5 Å². The van der Waals surface area contributed by atoms with Gasteiger partial charge in [0.1, 0.15) is 0 Å². The summed E-state index contributed by atoms with van der Waals surface area (Å²) >= 11 is 0. The molecule has 1 aromatic carbocycles. The molecule has 0 aliphatic rings. The molecule has 19 heavy (non-hydrogen) atoms. The number of fused-ring (bicyclic) bond motifs is 1. The number of benzene rings is 1. The van der Waals surface area contributed by atoms with E-state index in [9.17, 15) is 0 Å². The molecular formula is C14H12N4O. The van der Waals surface area contributed by atoms with Gasteiger partial charge >= 0.3 is 0 Å². The van der Waals surface area contributed by atoms with Crippen LogP contribution >= 0.6 is 0 Å². The summed E-state index contributed by atoms with van der Waals surface area (Å²) in [7, 11) is 1.55. The van der Waals surface area contributed by atoms with Crippen molar-refractivity contribution in [1.29, 1.82) is 0 Å². The molecule has 0 fully saturated rings. The Morgan fingerprint density at radius 2 is 1.95 bits per heavy atom. The Kier molecular flexibility index (Phi) is 2.72. The summed E-state index contributed by atoms with van der Waals surface area (Å²) in [6.45, 7) is 0. The molecule has 0 radical (unpaired) electrons.